The molecule has 0 atom stereocenters. The van der Waals surface area contributed by atoms with Gasteiger partial charge in [0.25, 0.3) is 5.69 Å². The van der Waals surface area contributed by atoms with Crippen molar-refractivity contribution < 1.29 is 19.6 Å². The third kappa shape index (κ3) is 4.32. The fourth-order valence-corrected chi connectivity index (χ4v) is 4.67. The highest BCUT2D eigenvalue weighted by molar-refractivity contribution is 7.12. The van der Waals surface area contributed by atoms with E-state index in [4.69, 9.17) is 0 Å². The Labute approximate surface area is 189 Å². The molecule has 8 nitrogen and oxygen atoms in total. The van der Waals surface area contributed by atoms with Crippen molar-refractivity contribution in [2.75, 3.05) is 0 Å². The molecule has 0 fully saturated rings. The van der Waals surface area contributed by atoms with Gasteiger partial charge < -0.3 is 5.11 Å². The number of carbonyl (C=O) groups excluding carboxylic acids is 1. The highest BCUT2D eigenvalue weighted by Crippen LogP contribution is 2.29. The Kier molecular flexibility index (Phi) is 5.89. The number of nitro benzene ring substituents is 1. The number of fused-ring (bicyclic) bond motifs is 1. The summed E-state index contributed by atoms with van der Waals surface area (Å²) < 4.78 is 8.30. The summed E-state index contributed by atoms with van der Waals surface area (Å²) in [7, 11) is 0. The van der Waals surface area contributed by atoms with Crippen LogP contribution < -0.4 is 0 Å². The molecule has 0 radical (unpaired) electrons. The number of nitro groups is 1. The molecule has 1 N–H and O–H groups in total. The van der Waals surface area contributed by atoms with Gasteiger partial charge in [-0.15, -0.1) is 11.3 Å². The first-order chi connectivity index (χ1) is 15.3. The van der Waals surface area contributed by atoms with Gasteiger partial charge in [0.2, 0.25) is 0 Å². The number of aliphatic carboxylic acids is 1. The summed E-state index contributed by atoms with van der Waals surface area (Å²) in [4.78, 5) is 36.7. The molecule has 0 aliphatic rings. The molecule has 0 aliphatic carbocycles. The zero-order chi connectivity index (χ0) is 22.8. The van der Waals surface area contributed by atoms with Crippen molar-refractivity contribution >= 4 is 57.1 Å². The fraction of sp³-hybridized carbons (Fsp3) is 0.0909. The molecular formula is C22H15N3O5S2. The lowest BCUT2D eigenvalue weighted by molar-refractivity contribution is -0.384. The molecule has 32 heavy (non-hydrogen) atoms. The van der Waals surface area contributed by atoms with Crippen molar-refractivity contribution in [3.05, 3.63) is 91.2 Å². The number of allylic oxidation sites excluding steroid dienone is 1. The van der Waals surface area contributed by atoms with Crippen LogP contribution >= 0.6 is 23.1 Å². The molecule has 0 spiro atoms. The number of hydrogen-bond acceptors (Lipinski definition) is 8. The van der Waals surface area contributed by atoms with Gasteiger partial charge in [-0.3, -0.25) is 14.9 Å². The Balaban J connectivity index is 1.87. The number of thiophene rings is 1. The van der Waals surface area contributed by atoms with E-state index in [0.717, 1.165) is 17.3 Å². The molecule has 2 aromatic heterocycles. The lowest BCUT2D eigenvalue weighted by Gasteiger charge is -2.12. The van der Waals surface area contributed by atoms with Crippen LogP contribution in [0.15, 0.2) is 59.5 Å². The maximum Gasteiger partial charge on any atom is 0.336 e. The maximum absolute atomic E-state index is 13.4. The number of carboxylic acids is 1. The average molecular weight is 466 g/mol. The maximum atomic E-state index is 13.4. The van der Waals surface area contributed by atoms with Crippen LogP contribution in [-0.2, 0) is 11.2 Å². The lowest BCUT2D eigenvalue weighted by Crippen LogP contribution is -2.13. The van der Waals surface area contributed by atoms with Crippen LogP contribution in [0.25, 0.3) is 16.6 Å². The second-order valence-corrected chi connectivity index (χ2v) is 8.48. The number of Topliss-reactive ketones (excluding diaryl/α,β-unsaturated/α-hetero) is 1. The van der Waals surface area contributed by atoms with E-state index in [-0.39, 0.29) is 23.3 Å². The van der Waals surface area contributed by atoms with E-state index in [2.05, 4.69) is 8.75 Å². The van der Waals surface area contributed by atoms with Crippen molar-refractivity contribution in [1.82, 2.24) is 8.75 Å². The summed E-state index contributed by atoms with van der Waals surface area (Å²) in [6.45, 7) is 1.86. The molecule has 0 saturated carbocycles. The summed E-state index contributed by atoms with van der Waals surface area (Å²) >= 11 is 2.26. The normalized spacial score (nSPS) is 11.9. The van der Waals surface area contributed by atoms with Crippen molar-refractivity contribution in [3.8, 4) is 0 Å². The molecule has 2 heterocycles. The van der Waals surface area contributed by atoms with E-state index in [1.165, 1.54) is 35.6 Å². The molecule has 10 heteroatoms. The summed E-state index contributed by atoms with van der Waals surface area (Å²) in [5, 5.41) is 22.9. The predicted octanol–water partition coefficient (Wildman–Crippen LogP) is 4.93. The van der Waals surface area contributed by atoms with E-state index in [9.17, 15) is 24.8 Å². The Hall–Kier alpha value is -3.76. The minimum absolute atomic E-state index is 0.00274. The first kappa shape index (κ1) is 21.5. The molecule has 0 unspecified atom stereocenters. The molecular weight excluding hydrogens is 450 g/mol. The number of nitrogens with zero attached hydrogens (tertiary/aromatic N) is 3. The van der Waals surface area contributed by atoms with Crippen LogP contribution in [-0.4, -0.2) is 30.5 Å². The number of non-ortho nitro benzene ring substituents is 1. The van der Waals surface area contributed by atoms with Crippen molar-refractivity contribution in [2.45, 2.75) is 13.3 Å². The van der Waals surface area contributed by atoms with E-state index in [0.29, 0.717) is 27.0 Å². The number of carbonyl (C=O) groups is 2. The quantitative estimate of drug-likeness (QED) is 0.178. The lowest BCUT2D eigenvalue weighted by atomic mass is 9.91. The standard InChI is InChI=1S/C22H15N3O5S2/c1-12-8-19(31-11-12)21(26)16(9-13-2-5-15(6-3-13)25(29)30)20(22(27)28)14-4-7-17-18(10-14)24-32-23-17/h2-8,10-11H,9H2,1H3,(H,27,28). The summed E-state index contributed by atoms with van der Waals surface area (Å²) in [5.41, 5.74) is 2.89. The van der Waals surface area contributed by atoms with Crippen LogP contribution in [0.1, 0.15) is 26.4 Å². The number of rotatable bonds is 7. The SMILES string of the molecule is Cc1csc(C(=O)C(Cc2ccc([N+](=O)[O-])cc2)=C(C(=O)O)c2ccc3nsnc3c2)c1. The smallest absolute Gasteiger partial charge is 0.336 e. The topological polar surface area (TPSA) is 123 Å². The van der Waals surface area contributed by atoms with Crippen LogP contribution in [0.2, 0.25) is 0 Å². The largest absolute Gasteiger partial charge is 0.478 e. The van der Waals surface area contributed by atoms with E-state index < -0.39 is 16.7 Å². The molecule has 4 aromatic rings. The fourth-order valence-electron chi connectivity index (χ4n) is 3.29. The summed E-state index contributed by atoms with van der Waals surface area (Å²) in [6, 6.07) is 12.3. The zero-order valence-corrected chi connectivity index (χ0v) is 18.3. The molecule has 0 aliphatic heterocycles. The van der Waals surface area contributed by atoms with Gasteiger partial charge in [-0.05, 0) is 47.2 Å². The van der Waals surface area contributed by atoms with Gasteiger partial charge in [0.05, 0.1) is 27.1 Å². The third-order valence-corrected chi connectivity index (χ3v) is 6.42. The zero-order valence-electron chi connectivity index (χ0n) is 16.6. The third-order valence-electron chi connectivity index (χ3n) is 4.81. The van der Waals surface area contributed by atoms with Crippen molar-refractivity contribution in [3.63, 3.8) is 0 Å². The van der Waals surface area contributed by atoms with Gasteiger partial charge in [0, 0.05) is 24.1 Å². The Morgan fingerprint density at radius 1 is 1.06 bits per heavy atom. The van der Waals surface area contributed by atoms with Crippen molar-refractivity contribution in [2.24, 2.45) is 0 Å². The van der Waals surface area contributed by atoms with Gasteiger partial charge in [-0.1, -0.05) is 18.2 Å². The van der Waals surface area contributed by atoms with E-state index >= 15 is 0 Å². The van der Waals surface area contributed by atoms with Gasteiger partial charge in [0.15, 0.2) is 5.78 Å². The molecule has 2 aromatic carbocycles. The molecule has 0 amide bonds. The first-order valence-electron chi connectivity index (χ1n) is 9.36. The van der Waals surface area contributed by atoms with Crippen LogP contribution in [0.5, 0.6) is 0 Å². The molecule has 4 rings (SSSR count). The summed E-state index contributed by atoms with van der Waals surface area (Å²) in [5.74, 6) is -1.64. The molecule has 0 bridgehead atoms. The van der Waals surface area contributed by atoms with Crippen molar-refractivity contribution in [1.29, 1.82) is 0 Å². The Bertz CT molecular complexity index is 1390. The molecule has 0 saturated heterocycles. The second-order valence-electron chi connectivity index (χ2n) is 7.04. The number of ketones is 1. The van der Waals surface area contributed by atoms with E-state index in [1.807, 2.05) is 12.3 Å². The van der Waals surface area contributed by atoms with Crippen LogP contribution in [0.3, 0.4) is 0 Å². The summed E-state index contributed by atoms with van der Waals surface area (Å²) in [6.07, 6.45) is 0.00274. The number of benzene rings is 2. The van der Waals surface area contributed by atoms with Gasteiger partial charge >= 0.3 is 5.97 Å². The second kappa shape index (κ2) is 8.77. The monoisotopic (exact) mass is 465 g/mol. The Morgan fingerprint density at radius 2 is 1.78 bits per heavy atom. The number of aromatic nitrogens is 2. The first-order valence-corrected chi connectivity index (χ1v) is 11.0. The van der Waals surface area contributed by atoms with Gasteiger partial charge in [-0.2, -0.15) is 8.75 Å². The minimum atomic E-state index is -1.24. The number of carboxylic acid groups (broad SMARTS) is 1. The highest BCUT2D eigenvalue weighted by atomic mass is 32.1. The number of hydrogen-bond donors (Lipinski definition) is 1. The van der Waals surface area contributed by atoms with Crippen LogP contribution in [0, 0.1) is 17.0 Å². The van der Waals surface area contributed by atoms with Crippen LogP contribution in [0.4, 0.5) is 5.69 Å². The molecule has 160 valence electrons. The predicted molar refractivity (Wildman–Crippen MR) is 122 cm³/mol. The number of aryl methyl sites for hydroxylation is 1. The average Bonchev–Trinajstić information content (AvgIpc) is 3.41. The minimum Gasteiger partial charge on any atom is -0.478 e. The van der Waals surface area contributed by atoms with Gasteiger partial charge in [-0.25, -0.2) is 4.79 Å². The van der Waals surface area contributed by atoms with Gasteiger partial charge in [0.1, 0.15) is 11.0 Å². The van der Waals surface area contributed by atoms with E-state index in [1.54, 1.807) is 24.3 Å². The Morgan fingerprint density at radius 3 is 2.41 bits per heavy atom. The highest BCUT2D eigenvalue weighted by Gasteiger charge is 2.25.